The zero-order valence-electron chi connectivity index (χ0n) is 20.7. The minimum Gasteiger partial charge on any atom is -0.444 e. The van der Waals surface area contributed by atoms with Gasteiger partial charge < -0.3 is 24.5 Å². The Labute approximate surface area is 189 Å². The van der Waals surface area contributed by atoms with E-state index in [1.165, 1.54) is 0 Å². The second kappa shape index (κ2) is 9.92. The van der Waals surface area contributed by atoms with Gasteiger partial charge in [-0.1, -0.05) is 39.0 Å². The largest absolute Gasteiger partial charge is 0.444 e. The second-order valence-electron chi connectivity index (χ2n) is 11.1. The molecule has 0 bridgehead atoms. The van der Waals surface area contributed by atoms with Gasteiger partial charge in [0.15, 0.2) is 8.32 Å². The first kappa shape index (κ1) is 25.7. The van der Waals surface area contributed by atoms with Crippen LogP contribution in [0.5, 0.6) is 0 Å². The average molecular weight is 451 g/mol. The number of nitrogen functional groups attached to an aromatic ring is 1. The summed E-state index contributed by atoms with van der Waals surface area (Å²) in [7, 11) is -1.91. The number of rotatable bonds is 6. The predicted molar refractivity (Wildman–Crippen MR) is 129 cm³/mol. The molecule has 1 saturated heterocycles. The second-order valence-corrected chi connectivity index (χ2v) is 15.9. The monoisotopic (exact) mass is 450 g/mol. The molecule has 2 N–H and O–H groups in total. The molecule has 0 unspecified atom stereocenters. The lowest BCUT2D eigenvalue weighted by Crippen LogP contribution is -2.54. The first-order chi connectivity index (χ1) is 14.2. The molecule has 2 rings (SSSR count). The van der Waals surface area contributed by atoms with Crippen LogP contribution in [0, 0.1) is 0 Å². The Morgan fingerprint density at radius 1 is 1.13 bits per heavy atom. The maximum Gasteiger partial charge on any atom is 0.410 e. The summed E-state index contributed by atoms with van der Waals surface area (Å²) in [6.07, 6.45) is 1.03. The Bertz CT molecular complexity index is 740. The van der Waals surface area contributed by atoms with Crippen molar-refractivity contribution in [1.29, 1.82) is 0 Å². The van der Waals surface area contributed by atoms with E-state index in [0.29, 0.717) is 19.7 Å². The quantitative estimate of drug-likeness (QED) is 0.475. The Balaban J connectivity index is 2.08. The van der Waals surface area contributed by atoms with Crippen LogP contribution >= 0.6 is 0 Å². The molecule has 1 aliphatic heterocycles. The fourth-order valence-electron chi connectivity index (χ4n) is 3.25. The minimum atomic E-state index is -1.91. The van der Waals surface area contributed by atoms with Crippen LogP contribution in [0.25, 0.3) is 0 Å². The topological polar surface area (TPSA) is 74.0 Å². The van der Waals surface area contributed by atoms with E-state index in [1.807, 2.05) is 45.0 Å². The van der Waals surface area contributed by atoms with Gasteiger partial charge in [0.25, 0.3) is 0 Å². The van der Waals surface area contributed by atoms with Gasteiger partial charge >= 0.3 is 6.09 Å². The highest BCUT2D eigenvalue weighted by Gasteiger charge is 2.39. The summed E-state index contributed by atoms with van der Waals surface area (Å²) in [4.78, 5) is 14.6. The number of benzene rings is 1. The van der Waals surface area contributed by atoms with Crippen molar-refractivity contribution in [2.45, 2.75) is 90.3 Å². The number of carbonyl (C=O) groups is 1. The molecule has 1 fully saturated rings. The number of nitrogens with zero attached hydrogens (tertiary/aromatic N) is 1. The summed E-state index contributed by atoms with van der Waals surface area (Å²) in [6, 6.07) is 7.90. The molecule has 1 aromatic carbocycles. The van der Waals surface area contributed by atoms with E-state index in [0.717, 1.165) is 24.1 Å². The van der Waals surface area contributed by atoms with Crippen LogP contribution in [0.3, 0.4) is 0 Å². The third kappa shape index (κ3) is 7.81. The molecule has 0 saturated carbocycles. The van der Waals surface area contributed by atoms with Crippen LogP contribution in [0.15, 0.2) is 24.3 Å². The highest BCUT2D eigenvalue weighted by Crippen LogP contribution is 2.37. The molecular weight excluding hydrogens is 408 g/mol. The van der Waals surface area contributed by atoms with Gasteiger partial charge in [-0.15, -0.1) is 0 Å². The fourth-order valence-corrected chi connectivity index (χ4v) is 4.28. The van der Waals surface area contributed by atoms with Gasteiger partial charge in [-0.2, -0.15) is 0 Å². The Morgan fingerprint density at radius 3 is 2.32 bits per heavy atom. The van der Waals surface area contributed by atoms with E-state index in [-0.39, 0.29) is 23.3 Å². The zero-order valence-corrected chi connectivity index (χ0v) is 21.7. The number of anilines is 1. The summed E-state index contributed by atoms with van der Waals surface area (Å²) < 4.78 is 18.4. The van der Waals surface area contributed by atoms with E-state index in [9.17, 15) is 4.79 Å². The number of ether oxygens (including phenoxy) is 2. The average Bonchev–Trinajstić information content (AvgIpc) is 2.63. The molecule has 0 aromatic heterocycles. The van der Waals surface area contributed by atoms with Crippen molar-refractivity contribution in [3.8, 4) is 0 Å². The summed E-state index contributed by atoms with van der Waals surface area (Å²) in [5.41, 5.74) is 7.47. The molecule has 31 heavy (non-hydrogen) atoms. The van der Waals surface area contributed by atoms with Crippen molar-refractivity contribution < 1.29 is 18.7 Å². The lowest BCUT2D eigenvalue weighted by atomic mass is 10.0. The van der Waals surface area contributed by atoms with Crippen LogP contribution in [-0.4, -0.2) is 56.8 Å². The van der Waals surface area contributed by atoms with Crippen LogP contribution in [0.4, 0.5) is 10.5 Å². The van der Waals surface area contributed by atoms with Crippen LogP contribution in [0.2, 0.25) is 18.1 Å². The van der Waals surface area contributed by atoms with Crippen molar-refractivity contribution in [2.24, 2.45) is 0 Å². The number of para-hydroxylation sites is 1. The summed E-state index contributed by atoms with van der Waals surface area (Å²) in [5, 5.41) is 0.122. The minimum absolute atomic E-state index is 0.0890. The van der Waals surface area contributed by atoms with Gasteiger partial charge in [0.05, 0.1) is 31.9 Å². The van der Waals surface area contributed by atoms with Crippen molar-refractivity contribution in [1.82, 2.24) is 4.90 Å². The molecule has 0 spiro atoms. The number of morpholine rings is 1. The molecule has 1 aromatic rings. The maximum absolute atomic E-state index is 12.8. The Hall–Kier alpha value is -1.57. The first-order valence-electron chi connectivity index (χ1n) is 11.3. The number of nitrogens with two attached hydrogens (primary N) is 1. The molecule has 176 valence electrons. The highest BCUT2D eigenvalue weighted by atomic mass is 28.4. The molecule has 6 nitrogen and oxygen atoms in total. The maximum atomic E-state index is 12.8. The summed E-state index contributed by atoms with van der Waals surface area (Å²) >= 11 is 0. The van der Waals surface area contributed by atoms with Crippen molar-refractivity contribution in [3.63, 3.8) is 0 Å². The highest BCUT2D eigenvalue weighted by molar-refractivity contribution is 6.74. The lowest BCUT2D eigenvalue weighted by molar-refractivity contribution is -0.103. The molecule has 7 heteroatoms. The third-order valence-corrected chi connectivity index (χ3v) is 10.6. The van der Waals surface area contributed by atoms with E-state index >= 15 is 0 Å². The van der Waals surface area contributed by atoms with Crippen molar-refractivity contribution >= 4 is 20.1 Å². The molecule has 1 aliphatic rings. The van der Waals surface area contributed by atoms with E-state index in [2.05, 4.69) is 33.9 Å². The molecule has 0 radical (unpaired) electrons. The van der Waals surface area contributed by atoms with Gasteiger partial charge in [0, 0.05) is 5.69 Å². The number of amides is 1. The SMILES string of the molecule is CC(C)(C)OC(=O)N1C[C@@H](CCc2ccccc2N)O[C@H](CO[Si](C)(C)C(C)(C)C)C1. The lowest BCUT2D eigenvalue weighted by Gasteiger charge is -2.41. The van der Waals surface area contributed by atoms with Gasteiger partial charge in [-0.05, 0) is 63.4 Å². The van der Waals surface area contributed by atoms with Crippen LogP contribution in [-0.2, 0) is 20.3 Å². The third-order valence-electron chi connectivity index (χ3n) is 6.11. The number of carbonyl (C=O) groups excluding carboxylic acids is 1. The van der Waals surface area contributed by atoms with E-state index in [4.69, 9.17) is 19.6 Å². The van der Waals surface area contributed by atoms with Gasteiger partial charge in [0.2, 0.25) is 0 Å². The molecule has 0 aliphatic carbocycles. The fraction of sp³-hybridized carbons (Fsp3) is 0.708. The normalized spacial score (nSPS) is 20.6. The van der Waals surface area contributed by atoms with E-state index < -0.39 is 13.9 Å². The first-order valence-corrected chi connectivity index (χ1v) is 14.2. The Morgan fingerprint density at radius 2 is 1.74 bits per heavy atom. The van der Waals surface area contributed by atoms with Gasteiger partial charge in [-0.25, -0.2) is 4.79 Å². The molecule has 2 atom stereocenters. The summed E-state index contributed by atoms with van der Waals surface area (Å²) in [5.74, 6) is 0. The molecule has 1 amide bonds. The smallest absolute Gasteiger partial charge is 0.410 e. The van der Waals surface area contributed by atoms with Crippen molar-refractivity contribution in [3.05, 3.63) is 29.8 Å². The van der Waals surface area contributed by atoms with Crippen LogP contribution < -0.4 is 5.73 Å². The van der Waals surface area contributed by atoms with Gasteiger partial charge in [-0.3, -0.25) is 0 Å². The number of hydrogen-bond donors (Lipinski definition) is 1. The summed E-state index contributed by atoms with van der Waals surface area (Å²) in [6.45, 7) is 18.3. The van der Waals surface area contributed by atoms with Gasteiger partial charge in [0.1, 0.15) is 5.60 Å². The zero-order chi connectivity index (χ0) is 23.4. The number of hydrogen-bond acceptors (Lipinski definition) is 5. The van der Waals surface area contributed by atoms with Crippen LogP contribution in [0.1, 0.15) is 53.5 Å². The van der Waals surface area contributed by atoms with Crippen molar-refractivity contribution in [2.75, 3.05) is 25.4 Å². The molecule has 1 heterocycles. The standard InChI is InChI=1S/C24H42N2O4Si/c1-23(2,3)30-22(27)26-15-19(14-13-18-11-9-10-12-21(18)25)29-20(16-26)17-28-31(7,8)24(4,5)6/h9-12,19-20H,13-17,25H2,1-8H3/t19-,20+/m1/s1. The number of aryl methyl sites for hydroxylation is 1. The molecular formula is C24H42N2O4Si. The van der Waals surface area contributed by atoms with E-state index in [1.54, 1.807) is 4.90 Å². The Kier molecular flexibility index (Phi) is 8.22. The predicted octanol–water partition coefficient (Wildman–Crippen LogP) is 5.23.